The molecule has 3 heterocycles. The van der Waals surface area contributed by atoms with E-state index < -0.39 is 23.7 Å². The fourth-order valence-electron chi connectivity index (χ4n) is 4.87. The van der Waals surface area contributed by atoms with Gasteiger partial charge in [-0.1, -0.05) is 48.8 Å². The number of hydrogen-bond donors (Lipinski definition) is 1. The van der Waals surface area contributed by atoms with E-state index in [1.54, 1.807) is 55.5 Å². The van der Waals surface area contributed by atoms with E-state index in [2.05, 4.69) is 18.1 Å². The third-order valence-corrected chi connectivity index (χ3v) is 7.80. The van der Waals surface area contributed by atoms with Crippen molar-refractivity contribution < 1.29 is 33.7 Å². The zero-order valence-electron chi connectivity index (χ0n) is 22.6. The van der Waals surface area contributed by atoms with Gasteiger partial charge in [0, 0.05) is 12.0 Å². The maximum atomic E-state index is 13.6. The first-order chi connectivity index (χ1) is 19.7. The standard InChI is InChI=1S/C31H28N2O7S/c1-5-12-38-22-9-7-8-19(16-22)25-24(26(34)20-10-11-23-21(15-20)14-17(3)40-23)27(35)29(36)33(25)31-32-18(4)28(41-31)30(37)39-13-6-2/h5-11,15-17,25,34H,1-2,12-14H2,3-4H3/t17-,25-/m0/s1. The molecule has 9 nitrogen and oxygen atoms in total. The van der Waals surface area contributed by atoms with Gasteiger partial charge in [-0.2, -0.15) is 0 Å². The molecule has 0 spiro atoms. The van der Waals surface area contributed by atoms with Gasteiger partial charge >= 0.3 is 11.9 Å². The van der Waals surface area contributed by atoms with Crippen LogP contribution in [-0.4, -0.2) is 47.1 Å². The average Bonchev–Trinajstić information content (AvgIpc) is 3.61. The first-order valence-corrected chi connectivity index (χ1v) is 13.7. The molecule has 0 unspecified atom stereocenters. The Balaban J connectivity index is 1.65. The molecular formula is C31H28N2O7S. The molecule has 1 N–H and O–H groups in total. The fraction of sp³-hybridized carbons (Fsp3) is 0.226. The van der Waals surface area contributed by atoms with E-state index in [0.717, 1.165) is 16.9 Å². The zero-order chi connectivity index (χ0) is 29.3. The summed E-state index contributed by atoms with van der Waals surface area (Å²) in [6, 6.07) is 11.0. The van der Waals surface area contributed by atoms with E-state index in [0.29, 0.717) is 34.7 Å². The van der Waals surface area contributed by atoms with Gasteiger partial charge in [-0.25, -0.2) is 9.78 Å². The normalized spacial score (nSPS) is 19.0. The minimum absolute atomic E-state index is 0.00760. The maximum absolute atomic E-state index is 13.6. The number of Topliss-reactive ketones (excluding diaryl/α,β-unsaturated/α-hetero) is 1. The molecule has 5 rings (SSSR count). The van der Waals surface area contributed by atoms with E-state index in [1.807, 2.05) is 6.92 Å². The number of aliphatic hydroxyl groups excluding tert-OH is 1. The Hall–Kier alpha value is -4.70. The lowest BCUT2D eigenvalue weighted by Gasteiger charge is -2.23. The highest BCUT2D eigenvalue weighted by Crippen LogP contribution is 2.45. The van der Waals surface area contributed by atoms with Crippen LogP contribution in [0.15, 0.2) is 73.3 Å². The summed E-state index contributed by atoms with van der Waals surface area (Å²) >= 11 is 0.931. The van der Waals surface area contributed by atoms with Gasteiger partial charge in [-0.05, 0) is 55.3 Å². The maximum Gasteiger partial charge on any atom is 0.350 e. The second kappa shape index (κ2) is 11.4. The number of aliphatic hydroxyl groups is 1. The lowest BCUT2D eigenvalue weighted by molar-refractivity contribution is -0.132. The number of carbonyl (C=O) groups is 3. The molecule has 2 aliphatic rings. The molecule has 1 fully saturated rings. The minimum atomic E-state index is -1.05. The molecule has 3 aromatic rings. The third-order valence-electron chi connectivity index (χ3n) is 6.66. The van der Waals surface area contributed by atoms with E-state index in [1.165, 1.54) is 11.0 Å². The van der Waals surface area contributed by atoms with Crippen molar-refractivity contribution in [1.82, 2.24) is 4.98 Å². The molecule has 10 heteroatoms. The summed E-state index contributed by atoms with van der Waals surface area (Å²) in [4.78, 5) is 45.7. The van der Waals surface area contributed by atoms with Gasteiger partial charge in [0.05, 0.1) is 17.3 Å². The van der Waals surface area contributed by atoms with Crippen molar-refractivity contribution in [1.29, 1.82) is 0 Å². The number of fused-ring (bicyclic) bond motifs is 1. The highest BCUT2D eigenvalue weighted by atomic mass is 32.1. The van der Waals surface area contributed by atoms with Crippen molar-refractivity contribution in [2.45, 2.75) is 32.4 Å². The second-order valence-corrected chi connectivity index (χ2v) is 10.6. The first kappa shape index (κ1) is 27.9. The molecule has 2 atom stereocenters. The Morgan fingerprint density at radius 1 is 1.20 bits per heavy atom. The molecule has 1 saturated heterocycles. The number of anilines is 1. The summed E-state index contributed by atoms with van der Waals surface area (Å²) in [7, 11) is 0. The predicted octanol–water partition coefficient (Wildman–Crippen LogP) is 5.31. The number of hydrogen-bond acceptors (Lipinski definition) is 9. The Labute approximate surface area is 241 Å². The monoisotopic (exact) mass is 572 g/mol. The van der Waals surface area contributed by atoms with E-state index in [4.69, 9.17) is 14.2 Å². The number of nitrogens with zero attached hydrogens (tertiary/aromatic N) is 2. The summed E-state index contributed by atoms with van der Waals surface area (Å²) in [5.74, 6) is -1.50. The van der Waals surface area contributed by atoms with Gasteiger partial charge < -0.3 is 19.3 Å². The largest absolute Gasteiger partial charge is 0.507 e. The van der Waals surface area contributed by atoms with E-state index >= 15 is 0 Å². The van der Waals surface area contributed by atoms with Crippen LogP contribution in [0.2, 0.25) is 0 Å². The van der Waals surface area contributed by atoms with Crippen LogP contribution in [0, 0.1) is 6.92 Å². The van der Waals surface area contributed by atoms with Crippen LogP contribution in [0.3, 0.4) is 0 Å². The highest BCUT2D eigenvalue weighted by Gasteiger charge is 2.48. The van der Waals surface area contributed by atoms with Crippen LogP contribution in [0.1, 0.15) is 45.0 Å². The smallest absolute Gasteiger partial charge is 0.350 e. The van der Waals surface area contributed by atoms with E-state index in [9.17, 15) is 19.5 Å². The summed E-state index contributed by atoms with van der Waals surface area (Å²) in [6.45, 7) is 11.0. The predicted molar refractivity (Wildman–Crippen MR) is 154 cm³/mol. The molecule has 0 saturated carbocycles. The molecule has 0 radical (unpaired) electrons. The molecular weight excluding hydrogens is 544 g/mol. The fourth-order valence-corrected chi connectivity index (χ4v) is 5.86. The number of ketones is 1. The van der Waals surface area contributed by atoms with Gasteiger partial charge in [0.15, 0.2) is 5.13 Å². The second-order valence-electron chi connectivity index (χ2n) is 9.59. The quantitative estimate of drug-likeness (QED) is 0.121. The van der Waals surface area contributed by atoms with Crippen LogP contribution >= 0.6 is 11.3 Å². The summed E-state index contributed by atoms with van der Waals surface area (Å²) in [5, 5.41) is 11.7. The molecule has 41 heavy (non-hydrogen) atoms. The molecule has 210 valence electrons. The number of ether oxygens (including phenoxy) is 3. The molecule has 1 aromatic heterocycles. The number of thiazole rings is 1. The molecule has 0 bridgehead atoms. The third kappa shape index (κ3) is 5.26. The lowest BCUT2D eigenvalue weighted by atomic mass is 9.94. The Kier molecular flexibility index (Phi) is 7.76. The lowest BCUT2D eigenvalue weighted by Crippen LogP contribution is -2.29. The van der Waals surface area contributed by atoms with Crippen molar-refractivity contribution in [2.24, 2.45) is 0 Å². The number of carbonyl (C=O) groups excluding carboxylic acids is 3. The van der Waals surface area contributed by atoms with Gasteiger partial charge in [-0.3, -0.25) is 14.5 Å². The number of aromatic nitrogens is 1. The Morgan fingerprint density at radius 2 is 1.98 bits per heavy atom. The Morgan fingerprint density at radius 3 is 2.73 bits per heavy atom. The summed E-state index contributed by atoms with van der Waals surface area (Å²) in [5.41, 5.74) is 2.02. The molecule has 2 aliphatic heterocycles. The number of esters is 1. The van der Waals surface area contributed by atoms with Crippen LogP contribution < -0.4 is 14.4 Å². The van der Waals surface area contributed by atoms with Crippen LogP contribution in [-0.2, 0) is 20.7 Å². The topological polar surface area (TPSA) is 115 Å². The molecule has 1 amide bonds. The van der Waals surface area contributed by atoms with Crippen molar-refractivity contribution in [2.75, 3.05) is 18.1 Å². The van der Waals surface area contributed by atoms with Gasteiger partial charge in [0.2, 0.25) is 0 Å². The average molecular weight is 573 g/mol. The number of amides is 1. The summed E-state index contributed by atoms with van der Waals surface area (Å²) < 4.78 is 16.6. The molecule has 0 aliphatic carbocycles. The van der Waals surface area contributed by atoms with Crippen LogP contribution in [0.25, 0.3) is 5.76 Å². The van der Waals surface area contributed by atoms with Gasteiger partial charge in [-0.15, -0.1) is 0 Å². The van der Waals surface area contributed by atoms with E-state index in [-0.39, 0.29) is 40.7 Å². The van der Waals surface area contributed by atoms with Crippen molar-refractivity contribution in [3.8, 4) is 11.5 Å². The van der Waals surface area contributed by atoms with Crippen molar-refractivity contribution >= 4 is 39.9 Å². The first-order valence-electron chi connectivity index (χ1n) is 12.9. The molecule has 2 aromatic carbocycles. The zero-order valence-corrected chi connectivity index (χ0v) is 23.4. The van der Waals surface area contributed by atoms with Crippen LogP contribution in [0.5, 0.6) is 11.5 Å². The number of rotatable bonds is 9. The van der Waals surface area contributed by atoms with Gasteiger partial charge in [0.25, 0.3) is 5.78 Å². The van der Waals surface area contributed by atoms with Crippen LogP contribution in [0.4, 0.5) is 5.13 Å². The SMILES string of the molecule is C=CCOC(=O)c1sc(N2C(=O)C(=O)C(=C(O)c3ccc4c(c3)C[C@H](C)O4)[C@@H]2c2cccc(OCC=C)c2)nc1C. The number of benzene rings is 2. The highest BCUT2D eigenvalue weighted by molar-refractivity contribution is 7.17. The minimum Gasteiger partial charge on any atom is -0.507 e. The van der Waals surface area contributed by atoms with Crippen molar-refractivity contribution in [3.05, 3.63) is 101 Å². The number of aryl methyl sites for hydroxylation is 1. The van der Waals surface area contributed by atoms with Gasteiger partial charge in [0.1, 0.15) is 41.5 Å². The Bertz CT molecular complexity index is 1610. The van der Waals surface area contributed by atoms with Crippen molar-refractivity contribution in [3.63, 3.8) is 0 Å². The summed E-state index contributed by atoms with van der Waals surface area (Å²) in [6.07, 6.45) is 3.69.